The van der Waals surface area contributed by atoms with Gasteiger partial charge in [-0.1, -0.05) is 0 Å². The van der Waals surface area contributed by atoms with E-state index in [2.05, 4.69) is 16.0 Å². The number of nitrogens with zero attached hydrogens (tertiary/aromatic N) is 3. The molecular weight excluding hydrogens is 214 g/mol. The van der Waals surface area contributed by atoms with Crippen molar-refractivity contribution in [1.29, 1.82) is 5.26 Å². The zero-order valence-electron chi connectivity index (χ0n) is 9.89. The van der Waals surface area contributed by atoms with E-state index in [4.69, 9.17) is 5.26 Å². The molecule has 0 N–H and O–H groups in total. The van der Waals surface area contributed by atoms with Gasteiger partial charge in [-0.15, -0.1) is 0 Å². The van der Waals surface area contributed by atoms with Crippen molar-refractivity contribution in [1.82, 2.24) is 4.98 Å². The Balaban J connectivity index is 2.20. The lowest BCUT2D eigenvalue weighted by molar-refractivity contribution is -0.111. The first-order valence-corrected chi connectivity index (χ1v) is 5.82. The lowest BCUT2D eigenvalue weighted by Crippen LogP contribution is -2.35. The molecule has 1 aromatic heterocycles. The third kappa shape index (κ3) is 2.44. The molecule has 0 unspecified atom stereocenters. The number of piperidine rings is 1. The first-order valence-electron chi connectivity index (χ1n) is 5.82. The minimum Gasteiger partial charge on any atom is -0.355 e. The monoisotopic (exact) mass is 229 g/mol. The fraction of sp³-hybridized carbons (Fsp3) is 0.462. The Morgan fingerprint density at radius 3 is 2.76 bits per heavy atom. The van der Waals surface area contributed by atoms with Crippen LogP contribution in [0.3, 0.4) is 0 Å². The van der Waals surface area contributed by atoms with Gasteiger partial charge in [-0.2, -0.15) is 5.26 Å². The van der Waals surface area contributed by atoms with Crippen LogP contribution in [0.4, 0.5) is 5.82 Å². The Kier molecular flexibility index (Phi) is 3.38. The zero-order valence-corrected chi connectivity index (χ0v) is 9.89. The first kappa shape index (κ1) is 11.6. The molecule has 0 amide bonds. The van der Waals surface area contributed by atoms with Crippen LogP contribution in [-0.4, -0.2) is 24.4 Å². The predicted molar refractivity (Wildman–Crippen MR) is 64.7 cm³/mol. The maximum absolute atomic E-state index is 10.7. The van der Waals surface area contributed by atoms with Crippen LogP contribution in [0.25, 0.3) is 0 Å². The molecule has 1 aliphatic rings. The minimum atomic E-state index is 0.168. The summed E-state index contributed by atoms with van der Waals surface area (Å²) in [5.41, 5.74) is 1.52. The molecule has 0 saturated carbocycles. The molecule has 0 bridgehead atoms. The summed E-state index contributed by atoms with van der Waals surface area (Å²) in [5.74, 6) is 0.929. The normalized spacial score (nSPS) is 16.6. The van der Waals surface area contributed by atoms with Crippen molar-refractivity contribution < 1.29 is 4.79 Å². The lowest BCUT2D eigenvalue weighted by Gasteiger charge is -2.31. The van der Waals surface area contributed by atoms with Gasteiger partial charge in [0.25, 0.3) is 0 Å². The molecule has 1 fully saturated rings. The second-order valence-corrected chi connectivity index (χ2v) is 4.40. The number of aldehydes is 1. The Bertz CT molecular complexity index is 456. The number of rotatable bonds is 2. The van der Waals surface area contributed by atoms with Crippen LogP contribution in [0.15, 0.2) is 12.1 Å². The fourth-order valence-electron chi connectivity index (χ4n) is 2.12. The van der Waals surface area contributed by atoms with E-state index >= 15 is 0 Å². The summed E-state index contributed by atoms with van der Waals surface area (Å²) in [6.07, 6.45) is 2.74. The van der Waals surface area contributed by atoms with Gasteiger partial charge in [-0.05, 0) is 31.9 Å². The van der Waals surface area contributed by atoms with Gasteiger partial charge in [0, 0.05) is 24.7 Å². The molecule has 1 aliphatic heterocycles. The number of hydrogen-bond donors (Lipinski definition) is 0. The number of anilines is 1. The lowest BCUT2D eigenvalue weighted by atomic mass is 9.98. The highest BCUT2D eigenvalue weighted by atomic mass is 16.1. The first-order chi connectivity index (χ1) is 8.24. The van der Waals surface area contributed by atoms with Gasteiger partial charge in [0.15, 0.2) is 0 Å². The van der Waals surface area contributed by atoms with E-state index in [1.54, 1.807) is 0 Å². The summed E-state index contributed by atoms with van der Waals surface area (Å²) >= 11 is 0. The smallest absolute Gasteiger partial charge is 0.146 e. The van der Waals surface area contributed by atoms with Crippen LogP contribution in [0.5, 0.6) is 0 Å². The third-order valence-corrected chi connectivity index (χ3v) is 3.17. The van der Waals surface area contributed by atoms with Crippen LogP contribution in [0, 0.1) is 24.2 Å². The molecule has 4 heteroatoms. The van der Waals surface area contributed by atoms with E-state index in [0.29, 0.717) is 5.56 Å². The Morgan fingerprint density at radius 2 is 2.18 bits per heavy atom. The average molecular weight is 229 g/mol. The molecule has 1 saturated heterocycles. The predicted octanol–water partition coefficient (Wildman–Crippen LogP) is 1.68. The largest absolute Gasteiger partial charge is 0.355 e. The molecule has 17 heavy (non-hydrogen) atoms. The Hall–Kier alpha value is -1.89. The number of carbonyl (C=O) groups is 1. The molecule has 88 valence electrons. The van der Waals surface area contributed by atoms with Crippen LogP contribution in [0.1, 0.15) is 24.1 Å². The van der Waals surface area contributed by atoms with Crippen LogP contribution < -0.4 is 4.90 Å². The summed E-state index contributed by atoms with van der Waals surface area (Å²) in [6, 6.07) is 5.83. The second-order valence-electron chi connectivity index (χ2n) is 4.40. The summed E-state index contributed by atoms with van der Waals surface area (Å²) in [4.78, 5) is 17.2. The minimum absolute atomic E-state index is 0.168. The summed E-state index contributed by atoms with van der Waals surface area (Å²) < 4.78 is 0. The number of hydrogen-bond acceptors (Lipinski definition) is 4. The number of aryl methyl sites for hydroxylation is 1. The molecule has 0 aliphatic carbocycles. The summed E-state index contributed by atoms with van der Waals surface area (Å²) in [7, 11) is 0. The molecule has 0 radical (unpaired) electrons. The van der Waals surface area contributed by atoms with Crippen LogP contribution in [-0.2, 0) is 4.79 Å². The van der Waals surface area contributed by atoms with E-state index in [1.807, 2.05) is 19.1 Å². The third-order valence-electron chi connectivity index (χ3n) is 3.17. The van der Waals surface area contributed by atoms with Crippen molar-refractivity contribution in [3.63, 3.8) is 0 Å². The topological polar surface area (TPSA) is 57.0 Å². The van der Waals surface area contributed by atoms with E-state index < -0.39 is 0 Å². The number of aromatic nitrogens is 1. The van der Waals surface area contributed by atoms with Crippen LogP contribution >= 0.6 is 0 Å². The highest BCUT2D eigenvalue weighted by Gasteiger charge is 2.21. The van der Waals surface area contributed by atoms with Crippen LogP contribution in [0.2, 0.25) is 0 Å². The van der Waals surface area contributed by atoms with Crippen molar-refractivity contribution >= 4 is 12.1 Å². The molecule has 0 atom stereocenters. The van der Waals surface area contributed by atoms with Crippen molar-refractivity contribution in [3.05, 3.63) is 23.4 Å². The van der Waals surface area contributed by atoms with E-state index in [9.17, 15) is 4.79 Å². The average Bonchev–Trinajstić information content (AvgIpc) is 2.39. The van der Waals surface area contributed by atoms with Gasteiger partial charge >= 0.3 is 0 Å². The number of pyridine rings is 1. The summed E-state index contributed by atoms with van der Waals surface area (Å²) in [5, 5.41) is 9.07. The summed E-state index contributed by atoms with van der Waals surface area (Å²) in [6.45, 7) is 3.52. The Morgan fingerprint density at radius 1 is 1.47 bits per heavy atom. The molecule has 2 heterocycles. The second kappa shape index (κ2) is 4.96. The maximum Gasteiger partial charge on any atom is 0.146 e. The van der Waals surface area contributed by atoms with Crippen molar-refractivity contribution in [3.8, 4) is 6.07 Å². The fourth-order valence-corrected chi connectivity index (χ4v) is 2.12. The quantitative estimate of drug-likeness (QED) is 0.724. The molecule has 1 aromatic rings. The maximum atomic E-state index is 10.7. The molecular formula is C13H15N3O. The van der Waals surface area contributed by atoms with Crippen molar-refractivity contribution in [2.45, 2.75) is 19.8 Å². The molecule has 0 aromatic carbocycles. The Labute approximate surface area is 101 Å². The number of nitriles is 1. The molecule has 2 rings (SSSR count). The molecule has 4 nitrogen and oxygen atoms in total. The standard InChI is InChI=1S/C13H15N3O/c1-10-2-3-12(8-14)13(15-10)16-6-4-11(9-17)5-7-16/h2-3,9,11H,4-7H2,1H3. The number of carbonyl (C=O) groups excluding carboxylic acids is 1. The van der Waals surface area contributed by atoms with E-state index in [-0.39, 0.29) is 5.92 Å². The van der Waals surface area contributed by atoms with Gasteiger partial charge in [0.2, 0.25) is 0 Å². The zero-order chi connectivity index (χ0) is 12.3. The highest BCUT2D eigenvalue weighted by Crippen LogP contribution is 2.23. The van der Waals surface area contributed by atoms with Gasteiger partial charge in [0.1, 0.15) is 18.2 Å². The van der Waals surface area contributed by atoms with Gasteiger partial charge < -0.3 is 9.69 Å². The van der Waals surface area contributed by atoms with E-state index in [1.165, 1.54) is 0 Å². The van der Waals surface area contributed by atoms with Crippen molar-refractivity contribution in [2.24, 2.45) is 5.92 Å². The SMILES string of the molecule is Cc1ccc(C#N)c(N2CCC(C=O)CC2)n1. The molecule has 0 spiro atoms. The van der Waals surface area contributed by atoms with E-state index in [0.717, 1.165) is 43.7 Å². The van der Waals surface area contributed by atoms with Gasteiger partial charge in [0.05, 0.1) is 5.56 Å². The highest BCUT2D eigenvalue weighted by molar-refractivity contribution is 5.57. The van der Waals surface area contributed by atoms with Gasteiger partial charge in [-0.25, -0.2) is 4.98 Å². The van der Waals surface area contributed by atoms with Gasteiger partial charge in [-0.3, -0.25) is 0 Å². The van der Waals surface area contributed by atoms with Crippen molar-refractivity contribution in [2.75, 3.05) is 18.0 Å².